The van der Waals surface area contributed by atoms with Gasteiger partial charge in [0.15, 0.2) is 0 Å². The van der Waals surface area contributed by atoms with Crippen LogP contribution in [0.3, 0.4) is 0 Å². The standard InChI is InChI=1S/C9H11NO3/c1-6(11)9(12)13-8-4-2-3-7(10)5-8/h2-6,11H,10H2,1H3. The number of anilines is 1. The Kier molecular flexibility index (Phi) is 2.87. The summed E-state index contributed by atoms with van der Waals surface area (Å²) in [6, 6.07) is 6.45. The summed E-state index contributed by atoms with van der Waals surface area (Å²) in [6.45, 7) is 1.34. The van der Waals surface area contributed by atoms with Gasteiger partial charge in [0.1, 0.15) is 11.9 Å². The number of carbonyl (C=O) groups is 1. The molecule has 1 aromatic rings. The summed E-state index contributed by atoms with van der Waals surface area (Å²) >= 11 is 0. The Morgan fingerprint density at radius 2 is 2.31 bits per heavy atom. The average molecular weight is 181 g/mol. The number of nitrogen functional groups attached to an aromatic ring is 1. The predicted octanol–water partition coefficient (Wildman–Crippen LogP) is 0.555. The number of rotatable bonds is 2. The number of aliphatic hydroxyl groups is 1. The third-order valence-electron chi connectivity index (χ3n) is 1.42. The van der Waals surface area contributed by atoms with E-state index in [9.17, 15) is 4.79 Å². The second-order valence-electron chi connectivity index (χ2n) is 2.67. The molecule has 1 unspecified atom stereocenters. The Morgan fingerprint density at radius 1 is 1.62 bits per heavy atom. The molecule has 0 bridgehead atoms. The first-order valence-corrected chi connectivity index (χ1v) is 3.85. The molecule has 0 fully saturated rings. The molecule has 0 aliphatic carbocycles. The maximum atomic E-state index is 10.9. The highest BCUT2D eigenvalue weighted by Crippen LogP contribution is 2.14. The molecule has 13 heavy (non-hydrogen) atoms. The van der Waals surface area contributed by atoms with Gasteiger partial charge >= 0.3 is 5.97 Å². The second-order valence-corrected chi connectivity index (χ2v) is 2.67. The highest BCUT2D eigenvalue weighted by Gasteiger charge is 2.10. The number of ether oxygens (including phenoxy) is 1. The molecule has 0 aromatic heterocycles. The van der Waals surface area contributed by atoms with Crippen molar-refractivity contribution in [1.82, 2.24) is 0 Å². The lowest BCUT2D eigenvalue weighted by Gasteiger charge is -2.05. The smallest absolute Gasteiger partial charge is 0.340 e. The van der Waals surface area contributed by atoms with E-state index in [-0.39, 0.29) is 0 Å². The van der Waals surface area contributed by atoms with E-state index < -0.39 is 12.1 Å². The normalized spacial score (nSPS) is 12.2. The van der Waals surface area contributed by atoms with Crippen LogP contribution in [0, 0.1) is 0 Å². The van der Waals surface area contributed by atoms with Crippen molar-refractivity contribution in [2.75, 3.05) is 5.73 Å². The van der Waals surface area contributed by atoms with Crippen molar-refractivity contribution in [3.63, 3.8) is 0 Å². The van der Waals surface area contributed by atoms with Gasteiger partial charge in [0.25, 0.3) is 0 Å². The number of hydrogen-bond donors (Lipinski definition) is 2. The van der Waals surface area contributed by atoms with Crippen LogP contribution in [0.1, 0.15) is 6.92 Å². The third kappa shape index (κ3) is 2.76. The van der Waals surface area contributed by atoms with Gasteiger partial charge < -0.3 is 15.6 Å². The molecule has 1 rings (SSSR count). The Labute approximate surface area is 75.9 Å². The van der Waals surface area contributed by atoms with Crippen LogP contribution < -0.4 is 10.5 Å². The van der Waals surface area contributed by atoms with Gasteiger partial charge in [0.2, 0.25) is 0 Å². The van der Waals surface area contributed by atoms with Gasteiger partial charge in [-0.05, 0) is 19.1 Å². The fraction of sp³-hybridized carbons (Fsp3) is 0.222. The van der Waals surface area contributed by atoms with Crippen molar-refractivity contribution in [2.24, 2.45) is 0 Å². The molecule has 0 amide bonds. The quantitative estimate of drug-likeness (QED) is 0.397. The van der Waals surface area contributed by atoms with Gasteiger partial charge in [-0.1, -0.05) is 6.07 Å². The molecule has 0 spiro atoms. The van der Waals surface area contributed by atoms with E-state index in [4.69, 9.17) is 15.6 Å². The maximum absolute atomic E-state index is 10.9. The van der Waals surface area contributed by atoms with Crippen molar-refractivity contribution < 1.29 is 14.6 Å². The molecular weight excluding hydrogens is 170 g/mol. The zero-order chi connectivity index (χ0) is 9.84. The minimum absolute atomic E-state index is 0.339. The zero-order valence-electron chi connectivity index (χ0n) is 7.23. The van der Waals surface area contributed by atoms with Crippen molar-refractivity contribution in [2.45, 2.75) is 13.0 Å². The van der Waals surface area contributed by atoms with E-state index in [1.807, 2.05) is 0 Å². The summed E-state index contributed by atoms with van der Waals surface area (Å²) < 4.78 is 4.79. The van der Waals surface area contributed by atoms with E-state index in [1.165, 1.54) is 13.0 Å². The van der Waals surface area contributed by atoms with Crippen molar-refractivity contribution in [3.8, 4) is 5.75 Å². The molecule has 0 saturated carbocycles. The van der Waals surface area contributed by atoms with Gasteiger partial charge in [-0.25, -0.2) is 4.79 Å². The summed E-state index contributed by atoms with van der Waals surface area (Å²) in [5.41, 5.74) is 5.97. The molecule has 1 atom stereocenters. The van der Waals surface area contributed by atoms with Gasteiger partial charge in [-0.15, -0.1) is 0 Å². The molecule has 70 valence electrons. The first-order chi connectivity index (χ1) is 6.09. The van der Waals surface area contributed by atoms with E-state index in [0.29, 0.717) is 11.4 Å². The maximum Gasteiger partial charge on any atom is 0.340 e. The summed E-state index contributed by atoms with van der Waals surface area (Å²) in [6.07, 6.45) is -1.12. The highest BCUT2D eigenvalue weighted by molar-refractivity contribution is 5.76. The van der Waals surface area contributed by atoms with Crippen LogP contribution >= 0.6 is 0 Å². The van der Waals surface area contributed by atoms with E-state index in [2.05, 4.69) is 0 Å². The van der Waals surface area contributed by atoms with Crippen LogP contribution in [0.15, 0.2) is 24.3 Å². The second kappa shape index (κ2) is 3.91. The lowest BCUT2D eigenvalue weighted by atomic mass is 10.3. The van der Waals surface area contributed by atoms with Gasteiger partial charge in [-0.3, -0.25) is 0 Å². The van der Waals surface area contributed by atoms with Gasteiger partial charge in [-0.2, -0.15) is 0 Å². The Hall–Kier alpha value is -1.55. The van der Waals surface area contributed by atoms with Gasteiger partial charge in [0.05, 0.1) is 0 Å². The van der Waals surface area contributed by atoms with Crippen molar-refractivity contribution >= 4 is 11.7 Å². The first kappa shape index (κ1) is 9.54. The largest absolute Gasteiger partial charge is 0.425 e. The van der Waals surface area contributed by atoms with Crippen molar-refractivity contribution in [1.29, 1.82) is 0 Å². The van der Waals surface area contributed by atoms with E-state index >= 15 is 0 Å². The fourth-order valence-corrected chi connectivity index (χ4v) is 0.779. The molecule has 0 saturated heterocycles. The monoisotopic (exact) mass is 181 g/mol. The van der Waals surface area contributed by atoms with Crippen LogP contribution in [0.25, 0.3) is 0 Å². The summed E-state index contributed by atoms with van der Waals surface area (Å²) in [7, 11) is 0. The summed E-state index contributed by atoms with van der Waals surface area (Å²) in [4.78, 5) is 10.9. The minimum atomic E-state index is -1.12. The van der Waals surface area contributed by atoms with Crippen LogP contribution in [-0.2, 0) is 4.79 Å². The van der Waals surface area contributed by atoms with Crippen LogP contribution in [-0.4, -0.2) is 17.2 Å². The molecule has 4 heteroatoms. The number of nitrogens with two attached hydrogens (primary N) is 1. The molecular formula is C9H11NO3. The van der Waals surface area contributed by atoms with Crippen LogP contribution in [0.5, 0.6) is 5.75 Å². The topological polar surface area (TPSA) is 72.5 Å². The minimum Gasteiger partial charge on any atom is -0.425 e. The number of esters is 1. The molecule has 3 N–H and O–H groups in total. The lowest BCUT2D eigenvalue weighted by molar-refractivity contribution is -0.142. The Balaban J connectivity index is 2.69. The third-order valence-corrected chi connectivity index (χ3v) is 1.42. The van der Waals surface area contributed by atoms with Crippen LogP contribution in [0.2, 0.25) is 0 Å². The summed E-state index contributed by atoms with van der Waals surface area (Å²) in [5, 5.41) is 8.85. The highest BCUT2D eigenvalue weighted by atomic mass is 16.5. The molecule has 0 aliphatic heterocycles. The lowest BCUT2D eigenvalue weighted by Crippen LogP contribution is -2.22. The SMILES string of the molecule is CC(O)C(=O)Oc1cccc(N)c1. The fourth-order valence-electron chi connectivity index (χ4n) is 0.779. The zero-order valence-corrected chi connectivity index (χ0v) is 7.23. The van der Waals surface area contributed by atoms with E-state index in [1.54, 1.807) is 18.2 Å². The Bertz CT molecular complexity index is 309. The molecule has 0 heterocycles. The molecule has 1 aromatic carbocycles. The summed E-state index contributed by atoms with van der Waals surface area (Å²) in [5.74, 6) is -0.350. The predicted molar refractivity (Wildman–Crippen MR) is 48.2 cm³/mol. The van der Waals surface area contributed by atoms with Crippen molar-refractivity contribution in [3.05, 3.63) is 24.3 Å². The molecule has 0 aliphatic rings. The van der Waals surface area contributed by atoms with Gasteiger partial charge in [0, 0.05) is 11.8 Å². The number of aliphatic hydroxyl groups excluding tert-OH is 1. The van der Waals surface area contributed by atoms with Crippen LogP contribution in [0.4, 0.5) is 5.69 Å². The molecule has 4 nitrogen and oxygen atoms in total. The average Bonchev–Trinajstić information content (AvgIpc) is 2.04. The number of carbonyl (C=O) groups excluding carboxylic acids is 1. The van der Waals surface area contributed by atoms with E-state index in [0.717, 1.165) is 0 Å². The number of hydrogen-bond acceptors (Lipinski definition) is 4. The number of benzene rings is 1. The Morgan fingerprint density at radius 3 is 2.85 bits per heavy atom. The first-order valence-electron chi connectivity index (χ1n) is 3.85. The molecule has 0 radical (unpaired) electrons.